The normalized spacial score (nSPS) is 12.1. The Bertz CT molecular complexity index is 615. The van der Waals surface area contributed by atoms with Gasteiger partial charge in [-0.1, -0.05) is 36.4 Å². The number of aryl methyl sites for hydroxylation is 2. The van der Waals surface area contributed by atoms with Gasteiger partial charge in [0.05, 0.1) is 0 Å². The van der Waals surface area contributed by atoms with Crippen LogP contribution in [0, 0.1) is 13.8 Å². The van der Waals surface area contributed by atoms with Gasteiger partial charge in [-0.25, -0.2) is 0 Å². The molecule has 0 bridgehead atoms. The van der Waals surface area contributed by atoms with Crippen LogP contribution in [0.15, 0.2) is 48.5 Å². The van der Waals surface area contributed by atoms with Gasteiger partial charge in [0.15, 0.2) is 5.78 Å². The van der Waals surface area contributed by atoms with Crippen molar-refractivity contribution in [2.75, 3.05) is 6.61 Å². The topological polar surface area (TPSA) is 43.4 Å². The van der Waals surface area contributed by atoms with E-state index in [1.807, 2.05) is 38.1 Å². The van der Waals surface area contributed by atoms with Crippen molar-refractivity contribution in [3.8, 4) is 0 Å². The summed E-state index contributed by atoms with van der Waals surface area (Å²) in [6.07, 6.45) is 0. The molecule has 0 aliphatic rings. The smallest absolute Gasteiger partial charge is 0.221 e. The van der Waals surface area contributed by atoms with Crippen molar-refractivity contribution in [2.24, 2.45) is 0 Å². The fourth-order valence-electron chi connectivity index (χ4n) is 2.12. The van der Waals surface area contributed by atoms with E-state index in [0.29, 0.717) is 10.9 Å². The third-order valence-electron chi connectivity index (χ3n) is 3.10. The molecule has 104 valence electrons. The van der Waals surface area contributed by atoms with Gasteiger partial charge in [0, 0.05) is 10.9 Å². The lowest BCUT2D eigenvalue weighted by atomic mass is 10.00. The summed E-state index contributed by atoms with van der Waals surface area (Å²) in [4.78, 5) is 12.2. The number of carbonyl (C=O) groups excluding carboxylic acids is 1. The largest absolute Gasteiger partial charge is 0.319 e. The summed E-state index contributed by atoms with van der Waals surface area (Å²) in [6, 6.07) is 14.6. The molecule has 0 saturated heterocycles. The van der Waals surface area contributed by atoms with E-state index in [-0.39, 0.29) is 12.4 Å². The van der Waals surface area contributed by atoms with Gasteiger partial charge in [0.25, 0.3) is 0 Å². The number of hydrogen-bond acceptors (Lipinski definition) is 3. The van der Waals surface area contributed by atoms with Crippen LogP contribution >= 0.6 is 8.03 Å². The zero-order valence-corrected chi connectivity index (χ0v) is 12.6. The highest BCUT2D eigenvalue weighted by Crippen LogP contribution is 2.22. The van der Waals surface area contributed by atoms with Gasteiger partial charge in [-0.2, -0.15) is 0 Å². The van der Waals surface area contributed by atoms with Gasteiger partial charge in [-0.15, -0.1) is 0 Å². The van der Waals surface area contributed by atoms with Gasteiger partial charge >= 0.3 is 0 Å². The Balaban J connectivity index is 2.05. The standard InChI is InChI=1S/C16H17O3P/c1-12-7-6-8-13(2)16(12)15(17)11-19-20(18)14-9-4-3-5-10-14/h3-10,20H,11H2,1-2H3. The molecule has 0 amide bonds. The summed E-state index contributed by atoms with van der Waals surface area (Å²) in [7, 11) is -2.37. The average molecular weight is 288 g/mol. The van der Waals surface area contributed by atoms with E-state index in [0.717, 1.165) is 11.1 Å². The van der Waals surface area contributed by atoms with Crippen molar-refractivity contribution >= 4 is 19.1 Å². The van der Waals surface area contributed by atoms with Crippen LogP contribution < -0.4 is 5.30 Å². The second-order valence-electron chi connectivity index (χ2n) is 4.63. The van der Waals surface area contributed by atoms with E-state index < -0.39 is 8.03 Å². The molecule has 0 spiro atoms. The molecule has 0 aliphatic carbocycles. The second kappa shape index (κ2) is 6.65. The Hall–Kier alpha value is -1.70. The maximum Gasteiger partial charge on any atom is 0.221 e. The number of rotatable bonds is 5. The van der Waals surface area contributed by atoms with E-state index in [1.54, 1.807) is 24.3 Å². The van der Waals surface area contributed by atoms with Gasteiger partial charge < -0.3 is 4.52 Å². The quantitative estimate of drug-likeness (QED) is 0.626. The number of ketones is 1. The molecule has 0 N–H and O–H groups in total. The molecule has 0 saturated carbocycles. The first-order chi connectivity index (χ1) is 9.59. The van der Waals surface area contributed by atoms with Crippen LogP contribution in [0.1, 0.15) is 21.5 Å². The molecule has 2 aromatic rings. The summed E-state index contributed by atoms with van der Waals surface area (Å²) >= 11 is 0. The Morgan fingerprint density at radius 1 is 1.00 bits per heavy atom. The summed E-state index contributed by atoms with van der Waals surface area (Å²) in [5.41, 5.74) is 2.49. The monoisotopic (exact) mass is 288 g/mol. The van der Waals surface area contributed by atoms with Crippen LogP contribution in [0.25, 0.3) is 0 Å². The molecule has 20 heavy (non-hydrogen) atoms. The lowest BCUT2D eigenvalue weighted by Crippen LogP contribution is -2.11. The van der Waals surface area contributed by atoms with Crippen LogP contribution in [0.4, 0.5) is 0 Å². The lowest BCUT2D eigenvalue weighted by molar-refractivity contribution is 0.0926. The zero-order chi connectivity index (χ0) is 14.5. The molecule has 0 radical (unpaired) electrons. The number of Topliss-reactive ketones (excluding diaryl/α,β-unsaturated/α-hetero) is 1. The minimum atomic E-state index is -2.37. The van der Waals surface area contributed by atoms with Crippen molar-refractivity contribution in [2.45, 2.75) is 13.8 Å². The van der Waals surface area contributed by atoms with E-state index >= 15 is 0 Å². The first kappa shape index (κ1) is 14.7. The molecule has 0 aliphatic heterocycles. The second-order valence-corrected chi connectivity index (χ2v) is 6.07. The SMILES string of the molecule is Cc1cccc(C)c1C(=O)CO[PH](=O)c1ccccc1. The Morgan fingerprint density at radius 2 is 1.60 bits per heavy atom. The number of carbonyl (C=O) groups is 1. The van der Waals surface area contributed by atoms with Gasteiger partial charge in [0.1, 0.15) is 6.61 Å². The lowest BCUT2D eigenvalue weighted by Gasteiger charge is -2.09. The van der Waals surface area contributed by atoms with E-state index in [9.17, 15) is 9.36 Å². The summed E-state index contributed by atoms with van der Waals surface area (Å²) < 4.78 is 17.2. The van der Waals surface area contributed by atoms with Crippen LogP contribution in [0.2, 0.25) is 0 Å². The summed E-state index contributed by atoms with van der Waals surface area (Å²) in [6.45, 7) is 3.62. The van der Waals surface area contributed by atoms with E-state index in [1.165, 1.54) is 0 Å². The van der Waals surface area contributed by atoms with Crippen molar-refractivity contribution in [3.05, 3.63) is 65.2 Å². The molecule has 1 unspecified atom stereocenters. The maximum absolute atomic E-state index is 12.2. The van der Waals surface area contributed by atoms with Crippen molar-refractivity contribution in [3.63, 3.8) is 0 Å². The van der Waals surface area contributed by atoms with Crippen LogP contribution in [-0.2, 0) is 9.09 Å². The zero-order valence-electron chi connectivity index (χ0n) is 11.6. The minimum absolute atomic E-state index is 0.130. The predicted octanol–water partition coefficient (Wildman–Crippen LogP) is 3.30. The average Bonchev–Trinajstić information content (AvgIpc) is 2.45. The molecule has 2 aromatic carbocycles. The first-order valence-corrected chi connectivity index (χ1v) is 7.73. The fraction of sp³-hybridized carbons (Fsp3) is 0.188. The van der Waals surface area contributed by atoms with Gasteiger partial charge in [0.2, 0.25) is 8.03 Å². The third kappa shape index (κ3) is 3.44. The van der Waals surface area contributed by atoms with Crippen molar-refractivity contribution < 1.29 is 13.9 Å². The Labute approximate surface area is 119 Å². The number of hydrogen-bond donors (Lipinski definition) is 0. The predicted molar refractivity (Wildman–Crippen MR) is 81.3 cm³/mol. The highest BCUT2D eigenvalue weighted by Gasteiger charge is 2.13. The first-order valence-electron chi connectivity index (χ1n) is 6.41. The molecular weight excluding hydrogens is 271 g/mol. The van der Waals surface area contributed by atoms with E-state index in [2.05, 4.69) is 0 Å². The molecule has 3 nitrogen and oxygen atoms in total. The number of benzene rings is 2. The molecule has 2 rings (SSSR count). The maximum atomic E-state index is 12.2. The molecule has 1 atom stereocenters. The van der Waals surface area contributed by atoms with Crippen LogP contribution in [0.3, 0.4) is 0 Å². The minimum Gasteiger partial charge on any atom is -0.319 e. The Kier molecular flexibility index (Phi) is 4.89. The molecule has 0 heterocycles. The van der Waals surface area contributed by atoms with Gasteiger partial charge in [-0.05, 0) is 37.1 Å². The summed E-state index contributed by atoms with van der Waals surface area (Å²) in [5, 5.41) is 0.631. The fourth-order valence-corrected chi connectivity index (χ4v) is 3.01. The van der Waals surface area contributed by atoms with Crippen molar-refractivity contribution in [1.29, 1.82) is 0 Å². The molecule has 0 aromatic heterocycles. The highest BCUT2D eigenvalue weighted by atomic mass is 31.1. The highest BCUT2D eigenvalue weighted by molar-refractivity contribution is 7.48. The van der Waals surface area contributed by atoms with Crippen LogP contribution in [0.5, 0.6) is 0 Å². The van der Waals surface area contributed by atoms with Crippen LogP contribution in [-0.4, -0.2) is 12.4 Å². The Morgan fingerprint density at radius 3 is 2.20 bits per heavy atom. The van der Waals surface area contributed by atoms with E-state index in [4.69, 9.17) is 4.52 Å². The molecule has 0 fully saturated rings. The molecular formula is C16H17O3P. The molecule has 4 heteroatoms. The van der Waals surface area contributed by atoms with Gasteiger partial charge in [-0.3, -0.25) is 9.36 Å². The third-order valence-corrected chi connectivity index (χ3v) is 4.32. The van der Waals surface area contributed by atoms with Crippen molar-refractivity contribution in [1.82, 2.24) is 0 Å². The summed E-state index contributed by atoms with van der Waals surface area (Å²) in [5.74, 6) is -0.130.